The number of carbonyl (C=O) groups is 2. The van der Waals surface area contributed by atoms with Gasteiger partial charge >= 0.3 is 12.1 Å². The number of hydrogen-bond donors (Lipinski definition) is 1. The summed E-state index contributed by atoms with van der Waals surface area (Å²) >= 11 is 0. The Bertz CT molecular complexity index is 1350. The fourth-order valence-electron chi connectivity index (χ4n) is 5.06. The summed E-state index contributed by atoms with van der Waals surface area (Å²) < 4.78 is 37.9. The van der Waals surface area contributed by atoms with Crippen molar-refractivity contribution in [3.05, 3.63) is 90.0 Å². The Balaban J connectivity index is 1.28. The van der Waals surface area contributed by atoms with E-state index in [0.29, 0.717) is 0 Å². The molecule has 36 heavy (non-hydrogen) atoms. The van der Waals surface area contributed by atoms with E-state index in [9.17, 15) is 18.0 Å². The molecule has 1 aliphatic carbocycles. The van der Waals surface area contributed by atoms with Crippen molar-refractivity contribution in [2.75, 3.05) is 20.3 Å². The molecule has 3 aromatic rings. The normalized spacial score (nSPS) is 19.4. The molecule has 1 saturated heterocycles. The second kappa shape index (κ2) is 9.75. The van der Waals surface area contributed by atoms with Crippen LogP contribution in [0.1, 0.15) is 23.5 Å². The number of sulfonamides is 1. The van der Waals surface area contributed by atoms with E-state index in [4.69, 9.17) is 9.47 Å². The summed E-state index contributed by atoms with van der Waals surface area (Å²) in [6.45, 7) is 0.0697. The topological polar surface area (TPSA) is 102 Å². The van der Waals surface area contributed by atoms with Crippen LogP contribution < -0.4 is 5.32 Å². The average Bonchev–Trinajstić information content (AvgIpc) is 3.47. The van der Waals surface area contributed by atoms with E-state index in [0.717, 1.165) is 26.6 Å². The summed E-state index contributed by atoms with van der Waals surface area (Å²) in [7, 11) is -2.75. The number of benzene rings is 3. The molecule has 0 radical (unpaired) electrons. The van der Waals surface area contributed by atoms with Gasteiger partial charge in [-0.1, -0.05) is 66.7 Å². The molecule has 0 bridgehead atoms. The molecule has 1 fully saturated rings. The van der Waals surface area contributed by atoms with Crippen LogP contribution in [-0.4, -0.2) is 57.1 Å². The molecule has 2 aliphatic rings. The van der Waals surface area contributed by atoms with Gasteiger partial charge in [0.2, 0.25) is 10.0 Å². The van der Waals surface area contributed by atoms with Crippen LogP contribution in [0.25, 0.3) is 11.1 Å². The molecule has 5 rings (SSSR count). The molecule has 0 saturated carbocycles. The summed E-state index contributed by atoms with van der Waals surface area (Å²) in [6.07, 6.45) is -0.576. The van der Waals surface area contributed by atoms with E-state index in [-0.39, 0.29) is 30.4 Å². The number of fused-ring (bicyclic) bond motifs is 3. The Kier molecular flexibility index (Phi) is 6.51. The molecule has 0 aromatic heterocycles. The van der Waals surface area contributed by atoms with Gasteiger partial charge in [-0.25, -0.2) is 13.2 Å². The van der Waals surface area contributed by atoms with Gasteiger partial charge in [0.1, 0.15) is 12.6 Å². The minimum absolute atomic E-state index is 0.0683. The molecule has 8 nitrogen and oxygen atoms in total. The van der Waals surface area contributed by atoms with Gasteiger partial charge in [0, 0.05) is 18.5 Å². The fourth-order valence-corrected chi connectivity index (χ4v) is 6.72. The lowest BCUT2D eigenvalue weighted by atomic mass is 9.98. The Hall–Kier alpha value is -3.69. The summed E-state index contributed by atoms with van der Waals surface area (Å²) in [5.41, 5.74) is 4.44. The number of alkyl carbamates (subject to hydrolysis) is 1. The van der Waals surface area contributed by atoms with Crippen molar-refractivity contribution in [3.63, 3.8) is 0 Å². The molecular weight excluding hydrogens is 480 g/mol. The maximum Gasteiger partial charge on any atom is 0.407 e. The number of methoxy groups -OCH3 is 1. The highest BCUT2D eigenvalue weighted by atomic mass is 32.2. The van der Waals surface area contributed by atoms with Crippen LogP contribution in [-0.2, 0) is 24.3 Å². The number of rotatable bonds is 6. The van der Waals surface area contributed by atoms with Crippen molar-refractivity contribution in [3.8, 4) is 11.1 Å². The van der Waals surface area contributed by atoms with E-state index >= 15 is 0 Å². The summed E-state index contributed by atoms with van der Waals surface area (Å²) in [5.74, 6) is -0.768. The summed E-state index contributed by atoms with van der Waals surface area (Å²) in [6, 6.07) is 22.3. The number of amides is 1. The predicted molar refractivity (Wildman–Crippen MR) is 133 cm³/mol. The van der Waals surface area contributed by atoms with Crippen LogP contribution in [0.2, 0.25) is 0 Å². The van der Waals surface area contributed by atoms with Gasteiger partial charge in [0.25, 0.3) is 0 Å². The standard InChI is InChI=1S/C27H26N2O6S/c1-34-26(30)25-15-18(16-29(25)36(32,33)19-9-3-2-4-10-19)28-27(31)35-17-24-22-13-7-5-11-20(22)21-12-6-8-14-23(21)24/h2-14,18,24-25H,15-17H2,1H3,(H,28,31)/t18-,25+/m1/s1. The minimum Gasteiger partial charge on any atom is -0.468 e. The Labute approximate surface area is 209 Å². The molecule has 3 aromatic carbocycles. The fraction of sp³-hybridized carbons (Fsp3) is 0.259. The average molecular weight is 507 g/mol. The van der Waals surface area contributed by atoms with Crippen molar-refractivity contribution in [1.82, 2.24) is 9.62 Å². The lowest BCUT2D eigenvalue weighted by Crippen LogP contribution is -2.42. The summed E-state index contributed by atoms with van der Waals surface area (Å²) in [4.78, 5) is 25.2. The zero-order chi connectivity index (χ0) is 25.3. The molecule has 186 valence electrons. The Morgan fingerprint density at radius 2 is 1.50 bits per heavy atom. The van der Waals surface area contributed by atoms with Crippen LogP contribution in [0, 0.1) is 0 Å². The largest absolute Gasteiger partial charge is 0.468 e. The molecule has 1 aliphatic heterocycles. The molecule has 1 amide bonds. The van der Waals surface area contributed by atoms with Crippen LogP contribution in [0.3, 0.4) is 0 Å². The number of ether oxygens (including phenoxy) is 2. The highest BCUT2D eigenvalue weighted by Crippen LogP contribution is 2.44. The molecule has 0 unspecified atom stereocenters. The Morgan fingerprint density at radius 1 is 0.917 bits per heavy atom. The van der Waals surface area contributed by atoms with Gasteiger partial charge in [-0.15, -0.1) is 0 Å². The van der Waals surface area contributed by atoms with Crippen LogP contribution in [0.4, 0.5) is 4.79 Å². The zero-order valence-corrected chi connectivity index (χ0v) is 20.5. The number of nitrogens with one attached hydrogen (secondary N) is 1. The minimum atomic E-state index is -3.96. The van der Waals surface area contributed by atoms with E-state index < -0.39 is 34.2 Å². The van der Waals surface area contributed by atoms with Crippen molar-refractivity contribution < 1.29 is 27.5 Å². The van der Waals surface area contributed by atoms with E-state index in [1.807, 2.05) is 36.4 Å². The van der Waals surface area contributed by atoms with Gasteiger partial charge < -0.3 is 14.8 Å². The highest BCUT2D eigenvalue weighted by molar-refractivity contribution is 7.89. The molecule has 9 heteroatoms. The second-order valence-electron chi connectivity index (χ2n) is 8.83. The van der Waals surface area contributed by atoms with Gasteiger partial charge in [0.05, 0.1) is 12.0 Å². The van der Waals surface area contributed by atoms with E-state index in [1.165, 1.54) is 19.2 Å². The van der Waals surface area contributed by atoms with Crippen molar-refractivity contribution >= 4 is 22.1 Å². The first kappa shape index (κ1) is 24.0. The third kappa shape index (κ3) is 4.36. The quantitative estimate of drug-likeness (QED) is 0.513. The van der Waals surface area contributed by atoms with Crippen molar-refractivity contribution in [2.24, 2.45) is 0 Å². The van der Waals surface area contributed by atoms with Crippen molar-refractivity contribution in [1.29, 1.82) is 0 Å². The monoisotopic (exact) mass is 506 g/mol. The number of hydrogen-bond acceptors (Lipinski definition) is 6. The zero-order valence-electron chi connectivity index (χ0n) is 19.7. The molecular formula is C27H26N2O6S. The lowest BCUT2D eigenvalue weighted by Gasteiger charge is -2.22. The van der Waals surface area contributed by atoms with Crippen LogP contribution in [0.15, 0.2) is 83.8 Å². The van der Waals surface area contributed by atoms with E-state index in [2.05, 4.69) is 17.4 Å². The number of carbonyl (C=O) groups excluding carboxylic acids is 2. The molecule has 2 atom stereocenters. The van der Waals surface area contributed by atoms with Crippen LogP contribution in [0.5, 0.6) is 0 Å². The predicted octanol–water partition coefficient (Wildman–Crippen LogP) is 3.53. The van der Waals surface area contributed by atoms with Gasteiger partial charge in [-0.2, -0.15) is 4.31 Å². The first-order valence-corrected chi connectivity index (χ1v) is 13.1. The van der Waals surface area contributed by atoms with E-state index in [1.54, 1.807) is 18.2 Å². The highest BCUT2D eigenvalue weighted by Gasteiger charge is 2.45. The SMILES string of the molecule is COC(=O)[C@@H]1C[C@@H](NC(=O)OCC2c3ccccc3-c3ccccc32)CN1S(=O)(=O)c1ccccc1. The third-order valence-electron chi connectivity index (χ3n) is 6.74. The van der Waals surface area contributed by atoms with Gasteiger partial charge in [-0.05, 0) is 40.8 Å². The molecule has 1 N–H and O–H groups in total. The maximum atomic E-state index is 13.2. The lowest BCUT2D eigenvalue weighted by molar-refractivity contribution is -0.144. The molecule has 1 heterocycles. The van der Waals surface area contributed by atoms with Gasteiger partial charge in [0.15, 0.2) is 0 Å². The number of esters is 1. The molecule has 0 spiro atoms. The first-order valence-electron chi connectivity index (χ1n) is 11.7. The maximum absolute atomic E-state index is 13.2. The van der Waals surface area contributed by atoms with Crippen molar-refractivity contribution in [2.45, 2.75) is 29.3 Å². The number of nitrogens with zero attached hydrogens (tertiary/aromatic N) is 1. The third-order valence-corrected chi connectivity index (χ3v) is 8.63. The summed E-state index contributed by atoms with van der Waals surface area (Å²) in [5, 5.41) is 2.74. The Morgan fingerprint density at radius 3 is 2.11 bits per heavy atom. The first-order chi connectivity index (χ1) is 17.4. The smallest absolute Gasteiger partial charge is 0.407 e. The van der Waals surface area contributed by atoms with Crippen LogP contribution >= 0.6 is 0 Å². The second-order valence-corrected chi connectivity index (χ2v) is 10.7. The van der Waals surface area contributed by atoms with Gasteiger partial charge in [-0.3, -0.25) is 4.79 Å².